The van der Waals surface area contributed by atoms with Gasteiger partial charge in [-0.25, -0.2) is 0 Å². The summed E-state index contributed by atoms with van der Waals surface area (Å²) in [5.74, 6) is 0. The normalized spacial score (nSPS) is 10.7. The number of unbranched alkanes of at least 4 members (excludes halogenated alkanes) is 4. The molecular formula is C18H22IN. The number of nitrogens with zero attached hydrogens (tertiary/aromatic N) is 1. The Kier molecular flexibility index (Phi) is 6.51. The van der Waals surface area contributed by atoms with Crippen molar-refractivity contribution in [2.75, 3.05) is 0 Å². The van der Waals surface area contributed by atoms with Crippen LogP contribution < -0.4 is 0 Å². The van der Waals surface area contributed by atoms with E-state index in [1.807, 2.05) is 6.20 Å². The first-order chi connectivity index (χ1) is 9.79. The fraction of sp³-hybridized carbons (Fsp3) is 0.389. The topological polar surface area (TPSA) is 12.9 Å². The number of aryl methyl sites for hydroxylation is 1. The molecule has 0 fully saturated rings. The van der Waals surface area contributed by atoms with Crippen molar-refractivity contribution in [1.82, 2.24) is 4.98 Å². The van der Waals surface area contributed by atoms with Crippen molar-refractivity contribution in [1.29, 1.82) is 0 Å². The number of pyridine rings is 1. The molecule has 0 N–H and O–H groups in total. The zero-order chi connectivity index (χ0) is 14.2. The summed E-state index contributed by atoms with van der Waals surface area (Å²) in [5.41, 5.74) is 3.62. The van der Waals surface area contributed by atoms with Crippen LogP contribution in [0.1, 0.15) is 44.6 Å². The van der Waals surface area contributed by atoms with Gasteiger partial charge in [-0.1, -0.05) is 50.8 Å². The Morgan fingerprint density at radius 3 is 2.30 bits per heavy atom. The molecule has 0 atom stereocenters. The Labute approximate surface area is 136 Å². The van der Waals surface area contributed by atoms with E-state index in [1.165, 1.54) is 46.8 Å². The highest BCUT2D eigenvalue weighted by atomic mass is 127. The lowest BCUT2D eigenvalue weighted by Crippen LogP contribution is -1.90. The van der Waals surface area contributed by atoms with E-state index in [1.54, 1.807) is 0 Å². The predicted octanol–water partition coefficient (Wildman–Crippen LogP) is 5.87. The fourth-order valence-corrected chi connectivity index (χ4v) is 2.66. The number of benzene rings is 1. The number of aromatic nitrogens is 1. The molecule has 0 aliphatic carbocycles. The minimum atomic E-state index is 1.07. The first-order valence-electron chi connectivity index (χ1n) is 7.50. The third-order valence-electron chi connectivity index (χ3n) is 3.53. The molecule has 0 unspecified atom stereocenters. The Bertz CT molecular complexity index is 502. The summed E-state index contributed by atoms with van der Waals surface area (Å²) < 4.78 is 1.26. The number of hydrogen-bond acceptors (Lipinski definition) is 1. The Hall–Kier alpha value is -0.900. The van der Waals surface area contributed by atoms with Gasteiger partial charge in [-0.3, -0.25) is 4.98 Å². The zero-order valence-electron chi connectivity index (χ0n) is 12.1. The molecule has 2 rings (SSSR count). The molecule has 2 heteroatoms. The monoisotopic (exact) mass is 379 g/mol. The van der Waals surface area contributed by atoms with E-state index < -0.39 is 0 Å². The molecule has 1 heterocycles. The van der Waals surface area contributed by atoms with Crippen molar-refractivity contribution in [3.63, 3.8) is 0 Å². The fourth-order valence-electron chi connectivity index (χ4n) is 2.30. The summed E-state index contributed by atoms with van der Waals surface area (Å²) >= 11 is 2.33. The van der Waals surface area contributed by atoms with Crippen LogP contribution in [0.5, 0.6) is 0 Å². The Morgan fingerprint density at radius 1 is 0.900 bits per heavy atom. The second-order valence-electron chi connectivity index (χ2n) is 5.22. The predicted molar refractivity (Wildman–Crippen MR) is 94.9 cm³/mol. The molecule has 106 valence electrons. The molecule has 20 heavy (non-hydrogen) atoms. The molecule has 0 spiro atoms. The van der Waals surface area contributed by atoms with Gasteiger partial charge in [0.05, 0.1) is 5.69 Å². The van der Waals surface area contributed by atoms with E-state index in [-0.39, 0.29) is 0 Å². The molecule has 0 aliphatic rings. The smallest absolute Gasteiger partial charge is 0.0702 e. The van der Waals surface area contributed by atoms with Crippen LogP contribution in [-0.2, 0) is 6.42 Å². The first-order valence-corrected chi connectivity index (χ1v) is 8.58. The van der Waals surface area contributed by atoms with Crippen molar-refractivity contribution in [2.45, 2.75) is 45.4 Å². The zero-order valence-corrected chi connectivity index (χ0v) is 14.3. The van der Waals surface area contributed by atoms with E-state index >= 15 is 0 Å². The molecule has 2 aromatic rings. The van der Waals surface area contributed by atoms with Crippen LogP contribution >= 0.6 is 22.6 Å². The third kappa shape index (κ3) is 4.89. The van der Waals surface area contributed by atoms with Gasteiger partial charge in [0.2, 0.25) is 0 Å². The van der Waals surface area contributed by atoms with Crippen molar-refractivity contribution in [2.24, 2.45) is 0 Å². The average Bonchev–Trinajstić information content (AvgIpc) is 2.49. The third-order valence-corrected chi connectivity index (χ3v) is 4.25. The molecule has 1 aromatic heterocycles. The summed E-state index contributed by atoms with van der Waals surface area (Å²) in [5, 5.41) is 0. The molecule has 1 nitrogen and oxygen atoms in total. The summed E-state index contributed by atoms with van der Waals surface area (Å²) in [6.07, 6.45) is 9.86. The molecule has 0 radical (unpaired) electrons. The molecule has 0 saturated carbocycles. The van der Waals surface area contributed by atoms with Crippen molar-refractivity contribution in [3.05, 3.63) is 51.7 Å². The highest BCUT2D eigenvalue weighted by Crippen LogP contribution is 2.19. The Balaban J connectivity index is 1.88. The second kappa shape index (κ2) is 8.40. The summed E-state index contributed by atoms with van der Waals surface area (Å²) in [6, 6.07) is 12.9. The van der Waals surface area contributed by atoms with Crippen LogP contribution in [-0.4, -0.2) is 4.98 Å². The average molecular weight is 379 g/mol. The van der Waals surface area contributed by atoms with Crippen molar-refractivity contribution >= 4 is 22.6 Å². The second-order valence-corrected chi connectivity index (χ2v) is 6.47. The highest BCUT2D eigenvalue weighted by molar-refractivity contribution is 14.1. The van der Waals surface area contributed by atoms with Gasteiger partial charge in [0, 0.05) is 15.3 Å². The quantitative estimate of drug-likeness (QED) is 0.433. The lowest BCUT2D eigenvalue weighted by Gasteiger charge is -2.04. The highest BCUT2D eigenvalue weighted by Gasteiger charge is 2.00. The molecule has 0 saturated heterocycles. The van der Waals surface area contributed by atoms with Crippen LogP contribution in [0, 0.1) is 3.57 Å². The maximum absolute atomic E-state index is 4.59. The summed E-state index contributed by atoms with van der Waals surface area (Å²) in [6.45, 7) is 2.26. The summed E-state index contributed by atoms with van der Waals surface area (Å²) in [7, 11) is 0. The van der Waals surface area contributed by atoms with Crippen molar-refractivity contribution < 1.29 is 0 Å². The Morgan fingerprint density at radius 2 is 1.65 bits per heavy atom. The van der Waals surface area contributed by atoms with E-state index in [4.69, 9.17) is 0 Å². The van der Waals surface area contributed by atoms with Gasteiger partial charge in [0.25, 0.3) is 0 Å². The van der Waals surface area contributed by atoms with Crippen LogP contribution in [0.2, 0.25) is 0 Å². The molecule has 1 aromatic carbocycles. The van der Waals surface area contributed by atoms with Crippen LogP contribution in [0.3, 0.4) is 0 Å². The lowest BCUT2D eigenvalue weighted by atomic mass is 10.1. The van der Waals surface area contributed by atoms with Gasteiger partial charge in [0.15, 0.2) is 0 Å². The van der Waals surface area contributed by atoms with Gasteiger partial charge in [-0.05, 0) is 59.2 Å². The van der Waals surface area contributed by atoms with Gasteiger partial charge < -0.3 is 0 Å². The maximum atomic E-state index is 4.59. The number of hydrogen-bond donors (Lipinski definition) is 0. The van der Waals surface area contributed by atoms with Gasteiger partial charge in [-0.2, -0.15) is 0 Å². The number of rotatable bonds is 7. The van der Waals surface area contributed by atoms with Gasteiger partial charge in [0.1, 0.15) is 0 Å². The minimum Gasteiger partial charge on any atom is -0.256 e. The van der Waals surface area contributed by atoms with Crippen LogP contribution in [0.4, 0.5) is 0 Å². The first kappa shape index (κ1) is 15.5. The van der Waals surface area contributed by atoms with E-state index in [0.29, 0.717) is 0 Å². The van der Waals surface area contributed by atoms with E-state index in [0.717, 1.165) is 12.1 Å². The van der Waals surface area contributed by atoms with Crippen molar-refractivity contribution in [3.8, 4) is 11.3 Å². The lowest BCUT2D eigenvalue weighted by molar-refractivity contribution is 0.632. The molecule has 0 aliphatic heterocycles. The molecule has 0 bridgehead atoms. The van der Waals surface area contributed by atoms with Crippen LogP contribution in [0.25, 0.3) is 11.3 Å². The molecule has 0 amide bonds. The largest absolute Gasteiger partial charge is 0.256 e. The van der Waals surface area contributed by atoms with Gasteiger partial charge in [-0.15, -0.1) is 0 Å². The number of halogens is 1. The summed E-state index contributed by atoms with van der Waals surface area (Å²) in [4.78, 5) is 4.59. The SMILES string of the molecule is CCCCCCCc1ccc(-c2ccc(I)cc2)nc1. The minimum absolute atomic E-state index is 1.07. The standard InChI is InChI=1S/C18H22IN/c1-2-3-4-5-6-7-15-8-13-18(20-14-15)16-9-11-17(19)12-10-16/h8-14H,2-7H2,1H3. The maximum Gasteiger partial charge on any atom is 0.0702 e. The molecular weight excluding hydrogens is 357 g/mol. The van der Waals surface area contributed by atoms with E-state index in [9.17, 15) is 0 Å². The van der Waals surface area contributed by atoms with Gasteiger partial charge >= 0.3 is 0 Å². The van der Waals surface area contributed by atoms with E-state index in [2.05, 4.69) is 70.9 Å². The van der Waals surface area contributed by atoms with Crippen LogP contribution in [0.15, 0.2) is 42.6 Å².